The average molecular weight is 173 g/mol. The quantitative estimate of drug-likeness (QED) is 0.643. The number of nitrogens with zero attached hydrogens (tertiary/aromatic N) is 1. The van der Waals surface area contributed by atoms with E-state index in [-0.39, 0.29) is 6.23 Å². The lowest BCUT2D eigenvalue weighted by atomic mass is 10.1. The second-order valence-corrected chi connectivity index (χ2v) is 3.08. The van der Waals surface area contributed by atoms with Gasteiger partial charge in [0.05, 0.1) is 0 Å². The van der Waals surface area contributed by atoms with Gasteiger partial charge in [0.2, 0.25) is 0 Å². The fourth-order valence-electron chi connectivity index (χ4n) is 1.50. The van der Waals surface area contributed by atoms with Gasteiger partial charge >= 0.3 is 6.16 Å². The van der Waals surface area contributed by atoms with Crippen molar-refractivity contribution in [1.29, 1.82) is 0 Å². The van der Waals surface area contributed by atoms with Gasteiger partial charge < -0.3 is 9.84 Å². The number of rotatable bonds is 2. The maximum Gasteiger partial charge on any atom is 0.507 e. The molecule has 12 heavy (non-hydrogen) atoms. The maximum atomic E-state index is 10.2. The monoisotopic (exact) mass is 173 g/mol. The fourth-order valence-corrected chi connectivity index (χ4v) is 1.50. The van der Waals surface area contributed by atoms with Crippen molar-refractivity contribution in [1.82, 2.24) is 4.90 Å². The molecule has 1 saturated heterocycles. The topological polar surface area (TPSA) is 49.8 Å². The van der Waals surface area contributed by atoms with E-state index >= 15 is 0 Å². The minimum Gasteiger partial charge on any atom is -0.450 e. The molecule has 0 saturated carbocycles. The van der Waals surface area contributed by atoms with Crippen LogP contribution in [0.4, 0.5) is 4.79 Å². The molecule has 0 radical (unpaired) electrons. The molecular formula is C8H15NO3. The summed E-state index contributed by atoms with van der Waals surface area (Å²) in [5.74, 6) is 0. The summed E-state index contributed by atoms with van der Waals surface area (Å²) in [6.45, 7) is 3.68. The van der Waals surface area contributed by atoms with E-state index in [2.05, 4.69) is 9.64 Å². The summed E-state index contributed by atoms with van der Waals surface area (Å²) in [6.07, 6.45) is 2.06. The average Bonchev–Trinajstić information content (AvgIpc) is 2.05. The van der Waals surface area contributed by atoms with Gasteiger partial charge in [0.1, 0.15) is 0 Å². The van der Waals surface area contributed by atoms with Crippen molar-refractivity contribution < 1.29 is 14.6 Å². The summed E-state index contributed by atoms with van der Waals surface area (Å²) in [6, 6.07) is 0. The van der Waals surface area contributed by atoms with Crippen molar-refractivity contribution in [2.45, 2.75) is 32.4 Å². The van der Waals surface area contributed by atoms with Gasteiger partial charge in [0.15, 0.2) is 6.23 Å². The Morgan fingerprint density at radius 3 is 2.50 bits per heavy atom. The summed E-state index contributed by atoms with van der Waals surface area (Å²) < 4.78 is 4.63. The van der Waals surface area contributed by atoms with Gasteiger partial charge in [-0.25, -0.2) is 4.79 Å². The summed E-state index contributed by atoms with van der Waals surface area (Å²) in [4.78, 5) is 12.3. The fraction of sp³-hybridized carbons (Fsp3) is 0.875. The molecule has 1 atom stereocenters. The van der Waals surface area contributed by atoms with Crippen molar-refractivity contribution in [3.8, 4) is 0 Å². The third-order valence-corrected chi connectivity index (χ3v) is 2.18. The molecule has 1 heterocycles. The Morgan fingerprint density at radius 2 is 2.00 bits per heavy atom. The Kier molecular flexibility index (Phi) is 3.34. The molecule has 1 unspecified atom stereocenters. The molecule has 1 aliphatic heterocycles. The first-order chi connectivity index (χ1) is 5.70. The zero-order valence-electron chi connectivity index (χ0n) is 7.32. The first kappa shape index (κ1) is 9.32. The molecule has 0 spiro atoms. The van der Waals surface area contributed by atoms with Crippen LogP contribution in [0, 0.1) is 0 Å². The van der Waals surface area contributed by atoms with Crippen LogP contribution in [0.3, 0.4) is 0 Å². The van der Waals surface area contributed by atoms with E-state index in [4.69, 9.17) is 5.11 Å². The van der Waals surface area contributed by atoms with Gasteiger partial charge in [-0.3, -0.25) is 4.90 Å². The van der Waals surface area contributed by atoms with Crippen LogP contribution in [0.5, 0.6) is 0 Å². The number of carbonyl (C=O) groups is 1. The van der Waals surface area contributed by atoms with E-state index in [1.807, 2.05) is 0 Å². The molecule has 1 fully saturated rings. The summed E-state index contributed by atoms with van der Waals surface area (Å²) in [5, 5.41) is 8.37. The molecule has 70 valence electrons. The lowest BCUT2D eigenvalue weighted by Crippen LogP contribution is -2.39. The molecule has 0 aromatic heterocycles. The third-order valence-electron chi connectivity index (χ3n) is 2.18. The zero-order valence-corrected chi connectivity index (χ0v) is 7.32. The van der Waals surface area contributed by atoms with Crippen LogP contribution in [0.1, 0.15) is 26.2 Å². The smallest absolute Gasteiger partial charge is 0.450 e. The van der Waals surface area contributed by atoms with Gasteiger partial charge in [-0.05, 0) is 19.8 Å². The molecule has 1 N–H and O–H groups in total. The van der Waals surface area contributed by atoms with Gasteiger partial charge in [-0.2, -0.15) is 0 Å². The van der Waals surface area contributed by atoms with Crippen molar-refractivity contribution in [2.75, 3.05) is 13.1 Å². The van der Waals surface area contributed by atoms with E-state index in [9.17, 15) is 4.79 Å². The van der Waals surface area contributed by atoms with Gasteiger partial charge in [-0.1, -0.05) is 6.42 Å². The molecule has 0 aromatic rings. The predicted molar refractivity (Wildman–Crippen MR) is 44.0 cm³/mol. The Balaban J connectivity index is 2.29. The van der Waals surface area contributed by atoms with Gasteiger partial charge in [0.25, 0.3) is 0 Å². The first-order valence-corrected chi connectivity index (χ1v) is 4.34. The molecule has 0 bridgehead atoms. The second kappa shape index (κ2) is 4.30. The molecule has 0 aromatic carbocycles. The first-order valence-electron chi connectivity index (χ1n) is 4.34. The molecule has 0 amide bonds. The van der Waals surface area contributed by atoms with Crippen molar-refractivity contribution in [2.24, 2.45) is 0 Å². The minimum absolute atomic E-state index is 0.289. The highest BCUT2D eigenvalue weighted by Crippen LogP contribution is 2.12. The standard InChI is InChI=1S/C8H15NO3/c1-7(12-8(10)11)9-5-3-2-4-6-9/h7H,2-6H2,1H3,(H,10,11). The minimum atomic E-state index is -1.19. The molecule has 4 nitrogen and oxygen atoms in total. The highest BCUT2D eigenvalue weighted by molar-refractivity contribution is 5.56. The van der Waals surface area contributed by atoms with E-state index in [1.165, 1.54) is 6.42 Å². The molecule has 1 rings (SSSR count). The molecule has 0 aliphatic carbocycles. The van der Waals surface area contributed by atoms with Crippen LogP contribution in [0.25, 0.3) is 0 Å². The van der Waals surface area contributed by atoms with E-state index in [0.717, 1.165) is 25.9 Å². The summed E-state index contributed by atoms with van der Waals surface area (Å²) in [5.41, 5.74) is 0. The molecular weight excluding hydrogens is 158 g/mol. The number of likely N-dealkylation sites (tertiary alicyclic amines) is 1. The molecule has 1 aliphatic rings. The number of hydrogen-bond acceptors (Lipinski definition) is 3. The van der Waals surface area contributed by atoms with Crippen LogP contribution in [-0.2, 0) is 4.74 Å². The zero-order chi connectivity index (χ0) is 8.97. The largest absolute Gasteiger partial charge is 0.507 e. The van der Waals surface area contributed by atoms with Crippen LogP contribution in [0.2, 0.25) is 0 Å². The third kappa shape index (κ3) is 2.70. The highest BCUT2D eigenvalue weighted by atomic mass is 16.7. The summed E-state index contributed by atoms with van der Waals surface area (Å²) in [7, 11) is 0. The van der Waals surface area contributed by atoms with Gasteiger partial charge in [0, 0.05) is 13.1 Å². The van der Waals surface area contributed by atoms with Crippen LogP contribution in [0.15, 0.2) is 0 Å². The Bertz CT molecular complexity index is 154. The number of carboxylic acid groups (broad SMARTS) is 1. The second-order valence-electron chi connectivity index (χ2n) is 3.08. The molecule has 4 heteroatoms. The Labute approximate surface area is 72.1 Å². The van der Waals surface area contributed by atoms with Crippen LogP contribution < -0.4 is 0 Å². The van der Waals surface area contributed by atoms with Crippen LogP contribution in [-0.4, -0.2) is 35.5 Å². The van der Waals surface area contributed by atoms with E-state index < -0.39 is 6.16 Å². The number of hydrogen-bond donors (Lipinski definition) is 1. The lowest BCUT2D eigenvalue weighted by Gasteiger charge is -2.30. The lowest BCUT2D eigenvalue weighted by molar-refractivity contribution is -0.0320. The summed E-state index contributed by atoms with van der Waals surface area (Å²) >= 11 is 0. The van der Waals surface area contributed by atoms with E-state index in [0.29, 0.717) is 0 Å². The van der Waals surface area contributed by atoms with Gasteiger partial charge in [-0.15, -0.1) is 0 Å². The van der Waals surface area contributed by atoms with Crippen molar-refractivity contribution >= 4 is 6.16 Å². The number of ether oxygens (including phenoxy) is 1. The number of piperidine rings is 1. The Morgan fingerprint density at radius 1 is 1.42 bits per heavy atom. The van der Waals surface area contributed by atoms with Crippen molar-refractivity contribution in [3.63, 3.8) is 0 Å². The highest BCUT2D eigenvalue weighted by Gasteiger charge is 2.18. The predicted octanol–water partition coefficient (Wildman–Crippen LogP) is 1.51. The maximum absolute atomic E-state index is 10.2. The SMILES string of the molecule is CC(OC(=O)O)N1CCCCC1. The Hall–Kier alpha value is -0.770. The normalized spacial score (nSPS) is 21.8. The van der Waals surface area contributed by atoms with Crippen molar-refractivity contribution in [3.05, 3.63) is 0 Å². The van der Waals surface area contributed by atoms with E-state index in [1.54, 1.807) is 6.92 Å². The van der Waals surface area contributed by atoms with Crippen LogP contribution >= 0.6 is 0 Å².